The summed E-state index contributed by atoms with van der Waals surface area (Å²) in [5.74, 6) is -0.407. The maximum atomic E-state index is 14.1. The summed E-state index contributed by atoms with van der Waals surface area (Å²) in [5.41, 5.74) is 4.68. The molecule has 1 aliphatic carbocycles. The predicted molar refractivity (Wildman–Crippen MR) is 130 cm³/mol. The van der Waals surface area contributed by atoms with Gasteiger partial charge in [0, 0.05) is 40.0 Å². The highest BCUT2D eigenvalue weighted by Gasteiger charge is 2.26. The highest BCUT2D eigenvalue weighted by molar-refractivity contribution is 6.30. The van der Waals surface area contributed by atoms with Gasteiger partial charge in [-0.1, -0.05) is 11.6 Å². The average molecular weight is 480 g/mol. The number of hydrogen-bond acceptors (Lipinski definition) is 5. The molecule has 176 valence electrons. The molecule has 0 bridgehead atoms. The Morgan fingerprint density at radius 1 is 1.09 bits per heavy atom. The Balaban J connectivity index is 0.000000150. The third kappa shape index (κ3) is 4.95. The first-order valence-electron chi connectivity index (χ1n) is 11.7. The third-order valence-corrected chi connectivity index (χ3v) is 6.58. The Kier molecular flexibility index (Phi) is 6.57. The number of aromatic nitrogens is 5. The summed E-state index contributed by atoms with van der Waals surface area (Å²) >= 11 is 5.78. The van der Waals surface area contributed by atoms with Crippen LogP contribution in [0.4, 0.5) is 4.39 Å². The Hall–Kier alpha value is -2.90. The first-order chi connectivity index (χ1) is 16.5. The number of nitrogens with zero attached hydrogens (tertiary/aromatic N) is 5. The number of halogens is 2. The SMILES string of the molecule is Cc1cc2c(-c3ccc(Cl)cc3F)ncnc2nc1C.c1nn(C2CC2)cc1[C@H]1CCCCO1. The normalized spacial score (nSPS) is 17.9. The summed E-state index contributed by atoms with van der Waals surface area (Å²) in [6, 6.07) is 7.16. The second kappa shape index (κ2) is 9.76. The standard InChI is InChI=1S/C15H11ClFN3.C11H16N2O/c1-8-5-12-14(11-4-3-10(16)6-13(11)17)18-7-19-15(12)20-9(8)2;1-2-6-14-11(3-1)9-7-12-13(8-9)10-4-5-10/h3-7H,1-2H3;7-8,10-11H,1-6H2/t;11-/m.1/s1. The van der Waals surface area contributed by atoms with Gasteiger partial charge in [-0.3, -0.25) is 4.68 Å². The number of benzene rings is 1. The van der Waals surface area contributed by atoms with E-state index in [1.54, 1.807) is 12.1 Å². The highest BCUT2D eigenvalue weighted by atomic mass is 35.5. The van der Waals surface area contributed by atoms with Crippen LogP contribution in [0.5, 0.6) is 0 Å². The number of fused-ring (bicyclic) bond motifs is 1. The Morgan fingerprint density at radius 3 is 2.68 bits per heavy atom. The molecule has 0 amide bonds. The lowest BCUT2D eigenvalue weighted by Gasteiger charge is -2.21. The van der Waals surface area contributed by atoms with E-state index in [1.807, 2.05) is 26.1 Å². The first-order valence-corrected chi connectivity index (χ1v) is 12.1. The fourth-order valence-corrected chi connectivity index (χ4v) is 4.29. The largest absolute Gasteiger partial charge is 0.373 e. The van der Waals surface area contributed by atoms with Gasteiger partial charge >= 0.3 is 0 Å². The monoisotopic (exact) mass is 479 g/mol. The Bertz CT molecular complexity index is 1310. The van der Waals surface area contributed by atoms with Crippen LogP contribution in [0.25, 0.3) is 22.3 Å². The predicted octanol–water partition coefficient (Wildman–Crippen LogP) is 6.56. The second-order valence-electron chi connectivity index (χ2n) is 8.95. The van der Waals surface area contributed by atoms with E-state index < -0.39 is 5.82 Å². The van der Waals surface area contributed by atoms with Crippen LogP contribution in [0.15, 0.2) is 43.0 Å². The van der Waals surface area contributed by atoms with E-state index in [0.29, 0.717) is 34.1 Å². The van der Waals surface area contributed by atoms with E-state index in [-0.39, 0.29) is 0 Å². The lowest BCUT2D eigenvalue weighted by molar-refractivity contribution is 0.0149. The maximum Gasteiger partial charge on any atom is 0.163 e. The molecule has 6 nitrogen and oxygen atoms in total. The minimum Gasteiger partial charge on any atom is -0.373 e. The van der Waals surface area contributed by atoms with Gasteiger partial charge in [-0.25, -0.2) is 19.3 Å². The lowest BCUT2D eigenvalue weighted by Crippen LogP contribution is -2.10. The number of pyridine rings is 1. The van der Waals surface area contributed by atoms with Crippen molar-refractivity contribution >= 4 is 22.6 Å². The molecule has 4 aromatic rings. The van der Waals surface area contributed by atoms with Gasteiger partial charge < -0.3 is 4.74 Å². The van der Waals surface area contributed by atoms with Crippen LogP contribution in [0.3, 0.4) is 0 Å². The van der Waals surface area contributed by atoms with Crippen LogP contribution >= 0.6 is 11.6 Å². The molecule has 1 saturated heterocycles. The molecule has 4 heterocycles. The lowest BCUT2D eigenvalue weighted by atomic mass is 10.0. The number of aryl methyl sites for hydroxylation is 2. The Morgan fingerprint density at radius 2 is 1.94 bits per heavy atom. The first kappa shape index (κ1) is 22.9. The van der Waals surface area contributed by atoms with Crippen LogP contribution in [0.1, 0.15) is 61.1 Å². The van der Waals surface area contributed by atoms with Gasteiger partial charge in [-0.15, -0.1) is 0 Å². The van der Waals surface area contributed by atoms with Crippen molar-refractivity contribution in [2.45, 2.75) is 58.1 Å². The molecule has 1 atom stereocenters. The molecule has 0 N–H and O–H groups in total. The van der Waals surface area contributed by atoms with Crippen molar-refractivity contribution in [3.63, 3.8) is 0 Å². The average Bonchev–Trinajstić information content (AvgIpc) is 3.57. The zero-order valence-electron chi connectivity index (χ0n) is 19.3. The summed E-state index contributed by atoms with van der Waals surface area (Å²) in [5, 5.41) is 5.48. The van der Waals surface area contributed by atoms with Crippen LogP contribution in [-0.4, -0.2) is 31.3 Å². The Labute approximate surface area is 203 Å². The van der Waals surface area contributed by atoms with Crippen molar-refractivity contribution in [3.05, 3.63) is 70.6 Å². The summed E-state index contributed by atoms with van der Waals surface area (Å²) < 4.78 is 21.9. The van der Waals surface area contributed by atoms with E-state index >= 15 is 0 Å². The summed E-state index contributed by atoms with van der Waals surface area (Å²) in [4.78, 5) is 12.8. The van der Waals surface area contributed by atoms with Crippen molar-refractivity contribution in [3.8, 4) is 11.3 Å². The van der Waals surface area contributed by atoms with Crippen molar-refractivity contribution in [2.24, 2.45) is 0 Å². The smallest absolute Gasteiger partial charge is 0.163 e. The van der Waals surface area contributed by atoms with Gasteiger partial charge in [0.1, 0.15) is 12.1 Å². The van der Waals surface area contributed by atoms with Crippen LogP contribution in [-0.2, 0) is 4.74 Å². The van der Waals surface area contributed by atoms with E-state index in [2.05, 4.69) is 30.9 Å². The molecule has 0 radical (unpaired) electrons. The molecule has 3 aromatic heterocycles. The van der Waals surface area contributed by atoms with Gasteiger partial charge in [0.2, 0.25) is 0 Å². The van der Waals surface area contributed by atoms with Crippen molar-refractivity contribution in [1.82, 2.24) is 24.7 Å². The highest BCUT2D eigenvalue weighted by Crippen LogP contribution is 2.36. The van der Waals surface area contributed by atoms with Crippen LogP contribution < -0.4 is 0 Å². The third-order valence-electron chi connectivity index (χ3n) is 6.35. The van der Waals surface area contributed by atoms with E-state index in [4.69, 9.17) is 16.3 Å². The topological polar surface area (TPSA) is 65.7 Å². The molecule has 2 aliphatic rings. The fraction of sp³-hybridized carbons (Fsp3) is 0.385. The fourth-order valence-electron chi connectivity index (χ4n) is 4.13. The minimum atomic E-state index is -0.407. The molecular weight excluding hydrogens is 453 g/mol. The van der Waals surface area contributed by atoms with E-state index in [1.165, 1.54) is 43.6 Å². The maximum absolute atomic E-state index is 14.1. The second-order valence-corrected chi connectivity index (χ2v) is 9.38. The molecule has 1 aromatic carbocycles. The molecular formula is C26H27ClFN5O. The number of ether oxygens (including phenoxy) is 1. The molecule has 1 saturated carbocycles. The van der Waals surface area contributed by atoms with Gasteiger partial charge in [-0.2, -0.15) is 5.10 Å². The molecule has 8 heteroatoms. The molecule has 34 heavy (non-hydrogen) atoms. The summed E-state index contributed by atoms with van der Waals surface area (Å²) in [6.45, 7) is 4.79. The quantitative estimate of drug-likeness (QED) is 0.333. The molecule has 0 spiro atoms. The van der Waals surface area contributed by atoms with Gasteiger partial charge in [0.25, 0.3) is 0 Å². The van der Waals surface area contributed by atoms with E-state index in [9.17, 15) is 4.39 Å². The van der Waals surface area contributed by atoms with Gasteiger partial charge in [-0.05, 0) is 75.8 Å². The molecule has 6 rings (SSSR count). The van der Waals surface area contributed by atoms with Gasteiger partial charge in [0.05, 0.1) is 24.0 Å². The van der Waals surface area contributed by atoms with Crippen molar-refractivity contribution < 1.29 is 9.13 Å². The summed E-state index contributed by atoms with van der Waals surface area (Å²) in [6.07, 6.45) is 12.1. The van der Waals surface area contributed by atoms with Crippen LogP contribution in [0.2, 0.25) is 5.02 Å². The molecule has 2 fully saturated rings. The zero-order chi connectivity index (χ0) is 23.7. The van der Waals surface area contributed by atoms with Crippen molar-refractivity contribution in [1.29, 1.82) is 0 Å². The van der Waals surface area contributed by atoms with Crippen LogP contribution in [0, 0.1) is 19.7 Å². The molecule has 1 aliphatic heterocycles. The zero-order valence-corrected chi connectivity index (χ0v) is 20.1. The molecule has 0 unspecified atom stereocenters. The van der Waals surface area contributed by atoms with Crippen molar-refractivity contribution in [2.75, 3.05) is 6.61 Å². The van der Waals surface area contributed by atoms with E-state index in [0.717, 1.165) is 29.7 Å². The summed E-state index contributed by atoms with van der Waals surface area (Å²) in [7, 11) is 0. The number of hydrogen-bond donors (Lipinski definition) is 0. The number of rotatable bonds is 3. The minimum absolute atomic E-state index is 0.316. The van der Waals surface area contributed by atoms with Gasteiger partial charge in [0.15, 0.2) is 5.65 Å².